The number of hydrogen-bond donors (Lipinski definition) is 1. The average molecular weight is 420 g/mol. The monoisotopic (exact) mass is 419 g/mol. The molecular weight excluding hydrogens is 394 g/mol. The van der Waals surface area contributed by atoms with Gasteiger partial charge in [0.05, 0.1) is 5.56 Å². The molecule has 4 rings (SSSR count). The van der Waals surface area contributed by atoms with Gasteiger partial charge in [0.2, 0.25) is 0 Å². The number of carbonyl (C=O) groups is 2. The minimum atomic E-state index is -0.0424. The molecule has 1 aliphatic heterocycles. The van der Waals surface area contributed by atoms with E-state index in [1.807, 2.05) is 65.8 Å². The third kappa shape index (κ3) is 4.49. The van der Waals surface area contributed by atoms with Gasteiger partial charge >= 0.3 is 0 Å². The number of nitrogens with zero attached hydrogens (tertiary/aromatic N) is 2. The number of nitrogens with one attached hydrogen (secondary N) is 1. The number of fused-ring (bicyclic) bond motifs is 1. The van der Waals surface area contributed by atoms with Gasteiger partial charge in [-0.1, -0.05) is 30.3 Å². The first-order chi connectivity index (χ1) is 14.7. The summed E-state index contributed by atoms with van der Waals surface area (Å²) < 4.78 is 0. The number of amides is 2. The average Bonchev–Trinajstić information content (AvgIpc) is 2.82. The molecule has 5 nitrogen and oxygen atoms in total. The Kier molecular flexibility index (Phi) is 6.33. The first kappa shape index (κ1) is 20.4. The quantitative estimate of drug-likeness (QED) is 0.629. The lowest BCUT2D eigenvalue weighted by Gasteiger charge is -2.32. The van der Waals surface area contributed by atoms with Crippen LogP contribution < -0.4 is 5.32 Å². The lowest BCUT2D eigenvalue weighted by molar-refractivity contribution is 0.0680. The van der Waals surface area contributed by atoms with Gasteiger partial charge in [0.25, 0.3) is 11.8 Å². The van der Waals surface area contributed by atoms with Crippen molar-refractivity contribution in [2.24, 2.45) is 5.92 Å². The standard InChI is InChI=1S/C24H25N3O2S/c1-30-23-21(7-4-12-25-23)24(29)27-13-10-17(11-14-27)16-26-22(28)20-9-8-18-5-2-3-6-19(18)15-20/h2-9,12,15,17H,10-11,13-14,16H2,1H3,(H,26,28). The largest absolute Gasteiger partial charge is 0.352 e. The molecule has 0 spiro atoms. The van der Waals surface area contributed by atoms with E-state index in [4.69, 9.17) is 0 Å². The number of thioether (sulfide) groups is 1. The van der Waals surface area contributed by atoms with Crippen LogP contribution in [0.5, 0.6) is 0 Å². The first-order valence-corrected chi connectivity index (χ1v) is 11.4. The Morgan fingerprint density at radius 2 is 1.83 bits per heavy atom. The maximum absolute atomic E-state index is 12.8. The van der Waals surface area contributed by atoms with Crippen molar-refractivity contribution in [2.45, 2.75) is 17.9 Å². The molecule has 1 saturated heterocycles. The summed E-state index contributed by atoms with van der Waals surface area (Å²) in [5.74, 6) is 0.387. The number of hydrogen-bond acceptors (Lipinski definition) is 4. The highest BCUT2D eigenvalue weighted by molar-refractivity contribution is 7.98. The molecule has 6 heteroatoms. The third-order valence-electron chi connectivity index (χ3n) is 5.66. The van der Waals surface area contributed by atoms with E-state index < -0.39 is 0 Å². The minimum absolute atomic E-state index is 0.0424. The van der Waals surface area contributed by atoms with Crippen molar-refractivity contribution < 1.29 is 9.59 Å². The van der Waals surface area contributed by atoms with Crippen LogP contribution in [0.3, 0.4) is 0 Å². The number of likely N-dealkylation sites (tertiary alicyclic amines) is 1. The summed E-state index contributed by atoms with van der Waals surface area (Å²) in [6, 6.07) is 17.5. The summed E-state index contributed by atoms with van der Waals surface area (Å²) in [7, 11) is 0. The molecule has 0 bridgehead atoms. The van der Waals surface area contributed by atoms with Crippen molar-refractivity contribution in [3.05, 3.63) is 71.9 Å². The van der Waals surface area contributed by atoms with E-state index in [0.29, 0.717) is 36.7 Å². The molecule has 2 heterocycles. The maximum Gasteiger partial charge on any atom is 0.256 e. The molecule has 30 heavy (non-hydrogen) atoms. The molecule has 0 atom stereocenters. The van der Waals surface area contributed by atoms with Crippen LogP contribution in [0.25, 0.3) is 10.8 Å². The number of benzene rings is 2. The van der Waals surface area contributed by atoms with E-state index in [2.05, 4.69) is 10.3 Å². The van der Waals surface area contributed by atoms with Gasteiger partial charge in [-0.15, -0.1) is 11.8 Å². The fourth-order valence-electron chi connectivity index (χ4n) is 3.90. The Bertz CT molecular complexity index is 1060. The molecule has 2 amide bonds. The number of carbonyl (C=O) groups excluding carboxylic acids is 2. The number of rotatable bonds is 5. The summed E-state index contributed by atoms with van der Waals surface area (Å²) >= 11 is 1.49. The van der Waals surface area contributed by atoms with Crippen molar-refractivity contribution in [3.8, 4) is 0 Å². The number of pyridine rings is 1. The van der Waals surface area contributed by atoms with Crippen molar-refractivity contribution in [2.75, 3.05) is 25.9 Å². The van der Waals surface area contributed by atoms with Crippen LogP contribution in [0.4, 0.5) is 0 Å². The normalized spacial score (nSPS) is 14.6. The van der Waals surface area contributed by atoms with Crippen LogP contribution in [-0.4, -0.2) is 47.6 Å². The topological polar surface area (TPSA) is 62.3 Å². The zero-order valence-electron chi connectivity index (χ0n) is 17.0. The fourth-order valence-corrected chi connectivity index (χ4v) is 4.44. The Morgan fingerprint density at radius 3 is 2.60 bits per heavy atom. The van der Waals surface area contributed by atoms with Gasteiger partial charge in [-0.2, -0.15) is 0 Å². The Morgan fingerprint density at radius 1 is 1.07 bits per heavy atom. The van der Waals surface area contributed by atoms with Gasteiger partial charge in [0.15, 0.2) is 0 Å². The number of piperidine rings is 1. The molecule has 0 unspecified atom stereocenters. The molecule has 2 aromatic carbocycles. The van der Waals surface area contributed by atoms with Crippen LogP contribution >= 0.6 is 11.8 Å². The molecule has 154 valence electrons. The molecular formula is C24H25N3O2S. The first-order valence-electron chi connectivity index (χ1n) is 10.2. The van der Waals surface area contributed by atoms with E-state index in [1.54, 1.807) is 6.20 Å². The van der Waals surface area contributed by atoms with Gasteiger partial charge in [-0.05, 0) is 60.1 Å². The lowest BCUT2D eigenvalue weighted by atomic mass is 9.96. The molecule has 1 fully saturated rings. The zero-order valence-corrected chi connectivity index (χ0v) is 17.8. The Balaban J connectivity index is 1.30. The summed E-state index contributed by atoms with van der Waals surface area (Å²) in [4.78, 5) is 31.6. The smallest absolute Gasteiger partial charge is 0.256 e. The molecule has 1 N–H and O–H groups in total. The van der Waals surface area contributed by atoms with E-state index in [-0.39, 0.29) is 11.8 Å². The van der Waals surface area contributed by atoms with Crippen molar-refractivity contribution in [1.82, 2.24) is 15.2 Å². The molecule has 0 radical (unpaired) electrons. The van der Waals surface area contributed by atoms with Gasteiger partial charge in [0.1, 0.15) is 5.03 Å². The SMILES string of the molecule is CSc1ncccc1C(=O)N1CCC(CNC(=O)c2ccc3ccccc3c2)CC1. The van der Waals surface area contributed by atoms with Crippen LogP contribution in [0.2, 0.25) is 0 Å². The second kappa shape index (κ2) is 9.30. The highest BCUT2D eigenvalue weighted by Gasteiger charge is 2.25. The lowest BCUT2D eigenvalue weighted by Crippen LogP contribution is -2.41. The summed E-state index contributed by atoms with van der Waals surface area (Å²) in [6.07, 6.45) is 5.42. The number of aromatic nitrogens is 1. The molecule has 0 aliphatic carbocycles. The van der Waals surface area contributed by atoms with Gasteiger partial charge in [0, 0.05) is 31.4 Å². The predicted octanol–water partition coefficient (Wildman–Crippen LogP) is 4.24. The van der Waals surface area contributed by atoms with Crippen molar-refractivity contribution in [1.29, 1.82) is 0 Å². The van der Waals surface area contributed by atoms with Gasteiger partial charge < -0.3 is 10.2 Å². The maximum atomic E-state index is 12.8. The van der Waals surface area contributed by atoms with E-state index >= 15 is 0 Å². The third-order valence-corrected chi connectivity index (χ3v) is 6.37. The van der Waals surface area contributed by atoms with E-state index in [1.165, 1.54) is 11.8 Å². The predicted molar refractivity (Wildman–Crippen MR) is 121 cm³/mol. The minimum Gasteiger partial charge on any atom is -0.352 e. The van der Waals surface area contributed by atoms with Crippen molar-refractivity contribution in [3.63, 3.8) is 0 Å². The molecule has 1 aliphatic rings. The van der Waals surface area contributed by atoms with Crippen LogP contribution in [0, 0.1) is 5.92 Å². The molecule has 0 saturated carbocycles. The zero-order chi connectivity index (χ0) is 20.9. The summed E-state index contributed by atoms with van der Waals surface area (Å²) in [5.41, 5.74) is 1.36. The second-order valence-electron chi connectivity index (χ2n) is 7.57. The van der Waals surface area contributed by atoms with Gasteiger partial charge in [-0.3, -0.25) is 9.59 Å². The molecule has 3 aromatic rings. The van der Waals surface area contributed by atoms with E-state index in [9.17, 15) is 9.59 Å². The van der Waals surface area contributed by atoms with Gasteiger partial charge in [-0.25, -0.2) is 4.98 Å². The van der Waals surface area contributed by atoms with Crippen LogP contribution in [-0.2, 0) is 0 Å². The Hall–Kier alpha value is -2.86. The highest BCUT2D eigenvalue weighted by atomic mass is 32.2. The fraction of sp³-hybridized carbons (Fsp3) is 0.292. The highest BCUT2D eigenvalue weighted by Crippen LogP contribution is 2.23. The van der Waals surface area contributed by atoms with Crippen molar-refractivity contribution >= 4 is 34.3 Å². The van der Waals surface area contributed by atoms with Crippen LogP contribution in [0.1, 0.15) is 33.6 Å². The summed E-state index contributed by atoms with van der Waals surface area (Å²) in [5, 5.41) is 6.04. The second-order valence-corrected chi connectivity index (χ2v) is 8.36. The molecule has 1 aromatic heterocycles. The summed E-state index contributed by atoms with van der Waals surface area (Å²) in [6.45, 7) is 2.05. The van der Waals surface area contributed by atoms with Crippen LogP contribution in [0.15, 0.2) is 65.8 Å². The van der Waals surface area contributed by atoms with E-state index in [0.717, 1.165) is 28.6 Å². The Labute approximate surface area is 180 Å².